The highest BCUT2D eigenvalue weighted by atomic mass is 16.7. The number of nitrogens with zero attached hydrogens (tertiary/aromatic N) is 1. The van der Waals surface area contributed by atoms with Crippen LogP contribution in [0.1, 0.15) is 34.1 Å². The fraction of sp³-hybridized carbons (Fsp3) is 0.833. The SMILES string of the molecule is CCN(CC)C(=O)CC(=O)[C@H]1COC(C)(C)O1. The molecule has 0 unspecified atom stereocenters. The van der Waals surface area contributed by atoms with E-state index in [2.05, 4.69) is 0 Å². The van der Waals surface area contributed by atoms with Gasteiger partial charge in [-0.3, -0.25) is 9.59 Å². The van der Waals surface area contributed by atoms with Crippen LogP contribution in [0.25, 0.3) is 0 Å². The summed E-state index contributed by atoms with van der Waals surface area (Å²) in [4.78, 5) is 25.2. The standard InChI is InChI=1S/C12H21NO4/c1-5-13(6-2)11(15)7-9(14)10-8-16-12(3,4)17-10/h10H,5-8H2,1-4H3/t10-/m1/s1. The van der Waals surface area contributed by atoms with Gasteiger partial charge >= 0.3 is 0 Å². The van der Waals surface area contributed by atoms with Crippen molar-refractivity contribution >= 4 is 11.7 Å². The molecule has 0 saturated carbocycles. The maximum absolute atomic E-state index is 11.8. The van der Waals surface area contributed by atoms with Crippen LogP contribution in [0.4, 0.5) is 0 Å². The van der Waals surface area contributed by atoms with Crippen molar-refractivity contribution in [3.05, 3.63) is 0 Å². The quantitative estimate of drug-likeness (QED) is 0.675. The Morgan fingerprint density at radius 2 is 1.88 bits per heavy atom. The predicted octanol–water partition coefficient (Wildman–Crippen LogP) is 0.965. The first-order valence-electron chi connectivity index (χ1n) is 6.02. The Balaban J connectivity index is 2.47. The molecule has 5 heteroatoms. The van der Waals surface area contributed by atoms with E-state index in [0.29, 0.717) is 13.1 Å². The van der Waals surface area contributed by atoms with Crippen molar-refractivity contribution in [3.8, 4) is 0 Å². The lowest BCUT2D eigenvalue weighted by Crippen LogP contribution is -2.35. The number of ether oxygens (including phenoxy) is 2. The van der Waals surface area contributed by atoms with Crippen LogP contribution in [0.5, 0.6) is 0 Å². The third-order valence-electron chi connectivity index (χ3n) is 2.81. The summed E-state index contributed by atoms with van der Waals surface area (Å²) in [5, 5.41) is 0. The van der Waals surface area contributed by atoms with Crippen LogP contribution in [0.2, 0.25) is 0 Å². The minimum atomic E-state index is -0.724. The fourth-order valence-electron chi connectivity index (χ4n) is 1.80. The number of carbonyl (C=O) groups excluding carboxylic acids is 2. The number of amides is 1. The number of rotatable bonds is 5. The molecule has 98 valence electrons. The Hall–Kier alpha value is -0.940. The molecule has 0 aromatic heterocycles. The molecule has 1 heterocycles. The van der Waals surface area contributed by atoms with E-state index in [1.807, 2.05) is 13.8 Å². The zero-order valence-electron chi connectivity index (χ0n) is 11.0. The lowest BCUT2D eigenvalue weighted by Gasteiger charge is -2.19. The number of Topliss-reactive ketones (excluding diaryl/α,β-unsaturated/α-hetero) is 1. The summed E-state index contributed by atoms with van der Waals surface area (Å²) in [6, 6.07) is 0. The Kier molecular flexibility index (Phi) is 4.65. The highest BCUT2D eigenvalue weighted by Gasteiger charge is 2.37. The van der Waals surface area contributed by atoms with Crippen molar-refractivity contribution < 1.29 is 19.1 Å². The van der Waals surface area contributed by atoms with Crippen molar-refractivity contribution in [1.29, 1.82) is 0 Å². The third kappa shape index (κ3) is 3.78. The van der Waals surface area contributed by atoms with Crippen LogP contribution < -0.4 is 0 Å². The van der Waals surface area contributed by atoms with Crippen LogP contribution >= 0.6 is 0 Å². The van der Waals surface area contributed by atoms with Gasteiger partial charge in [0.15, 0.2) is 11.6 Å². The van der Waals surface area contributed by atoms with Gasteiger partial charge in [-0.15, -0.1) is 0 Å². The Labute approximate surface area is 102 Å². The zero-order chi connectivity index (χ0) is 13.1. The summed E-state index contributed by atoms with van der Waals surface area (Å²) in [5.41, 5.74) is 0. The molecule has 0 radical (unpaired) electrons. The highest BCUT2D eigenvalue weighted by Crippen LogP contribution is 2.23. The Morgan fingerprint density at radius 3 is 2.29 bits per heavy atom. The minimum absolute atomic E-state index is 0.105. The molecule has 0 aliphatic carbocycles. The molecule has 1 amide bonds. The van der Waals surface area contributed by atoms with Crippen molar-refractivity contribution in [3.63, 3.8) is 0 Å². The molecule has 0 N–H and O–H groups in total. The summed E-state index contributed by atoms with van der Waals surface area (Å²) in [5.74, 6) is -1.07. The van der Waals surface area contributed by atoms with Gasteiger partial charge in [-0.2, -0.15) is 0 Å². The van der Waals surface area contributed by atoms with E-state index in [9.17, 15) is 9.59 Å². The maximum atomic E-state index is 11.8. The van der Waals surface area contributed by atoms with E-state index in [0.717, 1.165) is 0 Å². The van der Waals surface area contributed by atoms with Gasteiger partial charge in [-0.1, -0.05) is 0 Å². The molecule has 0 spiro atoms. The van der Waals surface area contributed by atoms with Gasteiger partial charge in [0.1, 0.15) is 6.10 Å². The van der Waals surface area contributed by atoms with Crippen molar-refractivity contribution in [1.82, 2.24) is 4.90 Å². The Morgan fingerprint density at radius 1 is 1.29 bits per heavy atom. The smallest absolute Gasteiger partial charge is 0.230 e. The van der Waals surface area contributed by atoms with Crippen LogP contribution in [-0.4, -0.2) is 48.2 Å². The van der Waals surface area contributed by atoms with E-state index < -0.39 is 11.9 Å². The second kappa shape index (κ2) is 5.60. The molecule has 1 fully saturated rings. The van der Waals surface area contributed by atoms with Gasteiger partial charge in [0.25, 0.3) is 0 Å². The monoisotopic (exact) mass is 243 g/mol. The second-order valence-electron chi connectivity index (χ2n) is 4.53. The molecule has 0 aromatic carbocycles. The summed E-state index contributed by atoms with van der Waals surface area (Å²) in [7, 11) is 0. The molecule has 0 aromatic rings. The zero-order valence-corrected chi connectivity index (χ0v) is 11.0. The minimum Gasteiger partial charge on any atom is -0.347 e. The second-order valence-corrected chi connectivity index (χ2v) is 4.53. The number of hydrogen-bond donors (Lipinski definition) is 0. The van der Waals surface area contributed by atoms with Crippen LogP contribution in [0, 0.1) is 0 Å². The van der Waals surface area contributed by atoms with Gasteiger partial charge in [0, 0.05) is 13.1 Å². The molecular weight excluding hydrogens is 222 g/mol. The topological polar surface area (TPSA) is 55.8 Å². The Bertz CT molecular complexity index is 297. The third-order valence-corrected chi connectivity index (χ3v) is 2.81. The molecule has 0 bridgehead atoms. The summed E-state index contributed by atoms with van der Waals surface area (Å²) >= 11 is 0. The molecule has 1 aliphatic heterocycles. The van der Waals surface area contributed by atoms with Gasteiger partial charge in [-0.25, -0.2) is 0 Å². The van der Waals surface area contributed by atoms with E-state index >= 15 is 0 Å². The van der Waals surface area contributed by atoms with Crippen LogP contribution in [-0.2, 0) is 19.1 Å². The molecule has 1 saturated heterocycles. The predicted molar refractivity (Wildman–Crippen MR) is 62.5 cm³/mol. The lowest BCUT2D eigenvalue weighted by atomic mass is 10.1. The van der Waals surface area contributed by atoms with Crippen LogP contribution in [0.15, 0.2) is 0 Å². The van der Waals surface area contributed by atoms with Gasteiger partial charge in [0.05, 0.1) is 13.0 Å². The molecule has 1 atom stereocenters. The molecule has 5 nitrogen and oxygen atoms in total. The number of carbonyl (C=O) groups is 2. The first-order chi connectivity index (χ1) is 7.89. The molecule has 1 rings (SSSR count). The van der Waals surface area contributed by atoms with E-state index in [1.54, 1.807) is 18.7 Å². The van der Waals surface area contributed by atoms with E-state index in [1.165, 1.54) is 0 Å². The summed E-state index contributed by atoms with van der Waals surface area (Å²) in [6.07, 6.45) is -0.712. The van der Waals surface area contributed by atoms with Gasteiger partial charge < -0.3 is 14.4 Å². The normalized spacial score (nSPS) is 22.5. The average molecular weight is 243 g/mol. The fourth-order valence-corrected chi connectivity index (χ4v) is 1.80. The average Bonchev–Trinajstić information content (AvgIpc) is 2.60. The largest absolute Gasteiger partial charge is 0.347 e. The van der Waals surface area contributed by atoms with Crippen molar-refractivity contribution in [2.45, 2.75) is 46.0 Å². The molecule has 17 heavy (non-hydrogen) atoms. The first-order valence-corrected chi connectivity index (χ1v) is 6.02. The highest BCUT2D eigenvalue weighted by molar-refractivity contribution is 6.00. The summed E-state index contributed by atoms with van der Waals surface area (Å²) < 4.78 is 10.7. The molecule has 1 aliphatic rings. The maximum Gasteiger partial charge on any atom is 0.230 e. The first kappa shape index (κ1) is 14.1. The number of hydrogen-bond acceptors (Lipinski definition) is 4. The molecular formula is C12H21NO4. The number of ketones is 1. The van der Waals surface area contributed by atoms with E-state index in [-0.39, 0.29) is 24.7 Å². The summed E-state index contributed by atoms with van der Waals surface area (Å²) in [6.45, 7) is 8.77. The van der Waals surface area contributed by atoms with Crippen molar-refractivity contribution in [2.75, 3.05) is 19.7 Å². The van der Waals surface area contributed by atoms with Crippen LogP contribution in [0.3, 0.4) is 0 Å². The lowest BCUT2D eigenvalue weighted by molar-refractivity contribution is -0.154. The van der Waals surface area contributed by atoms with Gasteiger partial charge in [-0.05, 0) is 27.7 Å². The van der Waals surface area contributed by atoms with Crippen molar-refractivity contribution in [2.24, 2.45) is 0 Å². The van der Waals surface area contributed by atoms with Gasteiger partial charge in [0.2, 0.25) is 5.91 Å². The van der Waals surface area contributed by atoms with E-state index in [4.69, 9.17) is 9.47 Å².